The predicted molar refractivity (Wildman–Crippen MR) is 56.5 cm³/mol. The Hall–Kier alpha value is -1.62. The maximum atomic E-state index is 11.2. The molecule has 1 heterocycles. The van der Waals surface area contributed by atoms with Crippen LogP contribution in [0, 0.1) is 0 Å². The Kier molecular flexibility index (Phi) is 3.62. The van der Waals surface area contributed by atoms with E-state index in [9.17, 15) is 4.79 Å². The Morgan fingerprint density at radius 1 is 1.67 bits per heavy atom. The number of nitrogens with one attached hydrogen (secondary N) is 1. The molecule has 0 aliphatic rings. The summed E-state index contributed by atoms with van der Waals surface area (Å²) in [4.78, 5) is 15.1. The highest BCUT2D eigenvalue weighted by Crippen LogP contribution is 2.06. The van der Waals surface area contributed by atoms with E-state index in [0.29, 0.717) is 12.3 Å². The maximum absolute atomic E-state index is 11.2. The summed E-state index contributed by atoms with van der Waals surface area (Å²) in [7, 11) is 0. The van der Waals surface area contributed by atoms with Gasteiger partial charge in [0.05, 0.1) is 6.20 Å². The minimum absolute atomic E-state index is 0.353. The van der Waals surface area contributed by atoms with Crippen molar-refractivity contribution in [3.8, 4) is 5.75 Å². The zero-order chi connectivity index (χ0) is 11.3. The van der Waals surface area contributed by atoms with E-state index in [1.165, 1.54) is 6.20 Å². The molecule has 0 spiro atoms. The third-order valence-electron chi connectivity index (χ3n) is 1.53. The van der Waals surface area contributed by atoms with Crippen LogP contribution in [0.4, 0.5) is 4.79 Å². The van der Waals surface area contributed by atoms with Crippen LogP contribution in [-0.4, -0.2) is 23.2 Å². The fraction of sp³-hybridized carbons (Fsp3) is 0.400. The first kappa shape index (κ1) is 11.5. The molecule has 0 aliphatic heterocycles. The van der Waals surface area contributed by atoms with Crippen LogP contribution in [0.2, 0.25) is 0 Å². The summed E-state index contributed by atoms with van der Waals surface area (Å²) in [6.45, 7) is 3.99. The number of hydrogen-bond donors (Lipinski definition) is 2. The zero-order valence-electron chi connectivity index (χ0n) is 8.86. The van der Waals surface area contributed by atoms with Crippen molar-refractivity contribution in [2.75, 3.05) is 6.54 Å². The molecule has 1 amide bonds. The van der Waals surface area contributed by atoms with Crippen molar-refractivity contribution in [2.24, 2.45) is 5.73 Å². The summed E-state index contributed by atoms with van der Waals surface area (Å²) in [5, 5.41) is 2.56. The van der Waals surface area contributed by atoms with Crippen LogP contribution in [0.5, 0.6) is 5.75 Å². The monoisotopic (exact) mass is 209 g/mol. The van der Waals surface area contributed by atoms with Gasteiger partial charge in [-0.15, -0.1) is 0 Å². The highest BCUT2D eigenvalue weighted by molar-refractivity contribution is 5.70. The van der Waals surface area contributed by atoms with E-state index in [0.717, 1.165) is 0 Å². The fourth-order valence-corrected chi connectivity index (χ4v) is 0.851. The summed E-state index contributed by atoms with van der Waals surface area (Å²) >= 11 is 0. The summed E-state index contributed by atoms with van der Waals surface area (Å²) in [5.41, 5.74) is 5.24. The lowest BCUT2D eigenvalue weighted by Gasteiger charge is -2.18. The summed E-state index contributed by atoms with van der Waals surface area (Å²) in [6, 6.07) is 3.34. The molecule has 5 heteroatoms. The predicted octanol–water partition coefficient (Wildman–Crippen LogP) is 0.907. The quantitative estimate of drug-likeness (QED) is 0.775. The SMILES string of the molecule is CC(C)(N)CNC(=O)Oc1cccnc1. The van der Waals surface area contributed by atoms with Gasteiger partial charge in [-0.2, -0.15) is 0 Å². The van der Waals surface area contributed by atoms with E-state index in [1.807, 2.05) is 13.8 Å². The first-order chi connectivity index (χ1) is 6.97. The van der Waals surface area contributed by atoms with Crippen LogP contribution in [0.1, 0.15) is 13.8 Å². The Morgan fingerprint density at radius 2 is 2.40 bits per heavy atom. The van der Waals surface area contributed by atoms with Crippen molar-refractivity contribution in [3.05, 3.63) is 24.5 Å². The second kappa shape index (κ2) is 4.75. The van der Waals surface area contributed by atoms with Gasteiger partial charge in [-0.3, -0.25) is 4.98 Å². The molecule has 1 aromatic heterocycles. The Labute approximate surface area is 88.6 Å². The largest absolute Gasteiger partial charge is 0.412 e. The van der Waals surface area contributed by atoms with E-state index in [4.69, 9.17) is 10.5 Å². The van der Waals surface area contributed by atoms with Gasteiger partial charge in [0.25, 0.3) is 0 Å². The Morgan fingerprint density at radius 3 is 2.93 bits per heavy atom. The van der Waals surface area contributed by atoms with Crippen molar-refractivity contribution < 1.29 is 9.53 Å². The average molecular weight is 209 g/mol. The minimum Gasteiger partial charge on any atom is -0.409 e. The molecule has 1 rings (SSSR count). The van der Waals surface area contributed by atoms with Crippen molar-refractivity contribution in [2.45, 2.75) is 19.4 Å². The van der Waals surface area contributed by atoms with Gasteiger partial charge < -0.3 is 15.8 Å². The highest BCUT2D eigenvalue weighted by atomic mass is 16.6. The average Bonchev–Trinajstić information content (AvgIpc) is 2.15. The molecular weight excluding hydrogens is 194 g/mol. The molecule has 5 nitrogen and oxygen atoms in total. The summed E-state index contributed by atoms with van der Waals surface area (Å²) < 4.78 is 4.94. The van der Waals surface area contributed by atoms with E-state index in [1.54, 1.807) is 18.3 Å². The van der Waals surface area contributed by atoms with Crippen LogP contribution < -0.4 is 15.8 Å². The standard InChI is InChI=1S/C10H15N3O2/c1-10(2,11)7-13-9(14)15-8-4-3-5-12-6-8/h3-6H,7,11H2,1-2H3,(H,13,14). The Bertz CT molecular complexity index is 319. The molecule has 0 radical (unpaired) electrons. The van der Waals surface area contributed by atoms with Crippen LogP contribution >= 0.6 is 0 Å². The van der Waals surface area contributed by atoms with Gasteiger partial charge >= 0.3 is 6.09 Å². The number of pyridine rings is 1. The lowest BCUT2D eigenvalue weighted by Crippen LogP contribution is -2.45. The molecule has 15 heavy (non-hydrogen) atoms. The van der Waals surface area contributed by atoms with E-state index in [-0.39, 0.29) is 0 Å². The van der Waals surface area contributed by atoms with Gasteiger partial charge in [-0.05, 0) is 26.0 Å². The molecule has 1 aromatic rings. The molecular formula is C10H15N3O2. The van der Waals surface area contributed by atoms with Crippen LogP contribution in [-0.2, 0) is 0 Å². The van der Waals surface area contributed by atoms with Gasteiger partial charge in [-0.1, -0.05) is 0 Å². The van der Waals surface area contributed by atoms with Gasteiger partial charge in [0, 0.05) is 18.3 Å². The molecule has 0 saturated heterocycles. The summed E-state index contributed by atoms with van der Waals surface area (Å²) in [5.74, 6) is 0.407. The number of carbonyl (C=O) groups is 1. The van der Waals surface area contributed by atoms with E-state index < -0.39 is 11.6 Å². The number of rotatable bonds is 3. The van der Waals surface area contributed by atoms with E-state index >= 15 is 0 Å². The molecule has 82 valence electrons. The fourth-order valence-electron chi connectivity index (χ4n) is 0.851. The number of carbonyl (C=O) groups excluding carboxylic acids is 1. The van der Waals surface area contributed by atoms with Crippen LogP contribution in [0.15, 0.2) is 24.5 Å². The molecule has 0 bridgehead atoms. The molecule has 0 aromatic carbocycles. The van der Waals surface area contributed by atoms with Gasteiger partial charge in [-0.25, -0.2) is 4.79 Å². The molecule has 3 N–H and O–H groups in total. The normalized spacial score (nSPS) is 10.9. The third-order valence-corrected chi connectivity index (χ3v) is 1.53. The van der Waals surface area contributed by atoms with Crippen LogP contribution in [0.25, 0.3) is 0 Å². The number of aromatic nitrogens is 1. The number of nitrogens with zero attached hydrogens (tertiary/aromatic N) is 1. The number of ether oxygens (including phenoxy) is 1. The summed E-state index contributed by atoms with van der Waals surface area (Å²) in [6.07, 6.45) is 2.54. The second-order valence-corrected chi connectivity index (χ2v) is 3.92. The van der Waals surface area contributed by atoms with Gasteiger partial charge in [0.15, 0.2) is 5.75 Å². The Balaban J connectivity index is 2.38. The molecule has 0 atom stereocenters. The first-order valence-corrected chi connectivity index (χ1v) is 4.62. The van der Waals surface area contributed by atoms with Crippen molar-refractivity contribution in [3.63, 3.8) is 0 Å². The highest BCUT2D eigenvalue weighted by Gasteiger charge is 2.12. The van der Waals surface area contributed by atoms with Gasteiger partial charge in [0.2, 0.25) is 0 Å². The lowest BCUT2D eigenvalue weighted by atomic mass is 10.1. The van der Waals surface area contributed by atoms with Crippen molar-refractivity contribution in [1.29, 1.82) is 0 Å². The number of amides is 1. The van der Waals surface area contributed by atoms with Crippen LogP contribution in [0.3, 0.4) is 0 Å². The topological polar surface area (TPSA) is 77.2 Å². The molecule has 0 saturated carbocycles. The number of hydrogen-bond acceptors (Lipinski definition) is 4. The number of nitrogens with two attached hydrogens (primary N) is 1. The van der Waals surface area contributed by atoms with Crippen molar-refractivity contribution in [1.82, 2.24) is 10.3 Å². The molecule has 0 unspecified atom stereocenters. The first-order valence-electron chi connectivity index (χ1n) is 4.62. The second-order valence-electron chi connectivity index (χ2n) is 3.92. The minimum atomic E-state index is -0.526. The third kappa shape index (κ3) is 4.97. The van der Waals surface area contributed by atoms with Gasteiger partial charge in [0.1, 0.15) is 0 Å². The van der Waals surface area contributed by atoms with Crippen molar-refractivity contribution >= 4 is 6.09 Å². The lowest BCUT2D eigenvalue weighted by molar-refractivity contribution is 0.198. The van der Waals surface area contributed by atoms with E-state index in [2.05, 4.69) is 10.3 Å². The zero-order valence-corrected chi connectivity index (χ0v) is 8.86. The molecule has 0 aliphatic carbocycles. The smallest absolute Gasteiger partial charge is 0.409 e. The molecule has 0 fully saturated rings. The maximum Gasteiger partial charge on any atom is 0.412 e.